The first kappa shape index (κ1) is 11.8. The highest BCUT2D eigenvalue weighted by Gasteiger charge is 2.45. The summed E-state index contributed by atoms with van der Waals surface area (Å²) in [4.78, 5) is 0. The summed E-state index contributed by atoms with van der Waals surface area (Å²) < 4.78 is 6.14. The summed E-state index contributed by atoms with van der Waals surface area (Å²) in [6.45, 7) is 2.26. The molecule has 3 rings (SSSR count). The Balaban J connectivity index is 2.17. The second kappa shape index (κ2) is 4.79. The van der Waals surface area contributed by atoms with Crippen molar-refractivity contribution in [1.82, 2.24) is 0 Å². The first-order valence-corrected chi connectivity index (χ1v) is 7.17. The average molecular weight is 256 g/mol. The minimum Gasteiger partial charge on any atom is -0.299 e. The third-order valence-electron chi connectivity index (χ3n) is 3.61. The van der Waals surface area contributed by atoms with E-state index in [0.29, 0.717) is 5.92 Å². The van der Waals surface area contributed by atoms with E-state index in [0.717, 1.165) is 5.75 Å². The molecule has 92 valence electrons. The van der Waals surface area contributed by atoms with E-state index in [9.17, 15) is 0 Å². The maximum absolute atomic E-state index is 6.14. The molecule has 2 heteroatoms. The Morgan fingerprint density at radius 1 is 0.944 bits per heavy atom. The van der Waals surface area contributed by atoms with Crippen molar-refractivity contribution in [2.45, 2.75) is 12.5 Å². The molecule has 0 N–H and O–H groups in total. The van der Waals surface area contributed by atoms with Crippen LogP contribution in [0.2, 0.25) is 0 Å². The minimum atomic E-state index is -0.298. The summed E-state index contributed by atoms with van der Waals surface area (Å²) in [6.07, 6.45) is 0. The summed E-state index contributed by atoms with van der Waals surface area (Å²) in [5.74, 6) is 1.50. The van der Waals surface area contributed by atoms with Gasteiger partial charge in [-0.25, -0.2) is 0 Å². The third kappa shape index (κ3) is 1.76. The number of hydrogen-bond donors (Lipinski definition) is 0. The molecule has 0 amide bonds. The zero-order valence-electron chi connectivity index (χ0n) is 10.4. The summed E-state index contributed by atoms with van der Waals surface area (Å²) >= 11 is 1.58. The lowest BCUT2D eigenvalue weighted by molar-refractivity contribution is 0.113. The van der Waals surface area contributed by atoms with Gasteiger partial charge in [0.25, 0.3) is 0 Å². The van der Waals surface area contributed by atoms with Crippen LogP contribution in [0.5, 0.6) is 0 Å². The quantitative estimate of drug-likeness (QED) is 0.743. The first-order chi connectivity index (χ1) is 8.84. The fourth-order valence-corrected chi connectivity index (χ4v) is 3.68. The normalized spacial score (nSPS) is 21.9. The fraction of sp³-hybridized carbons (Fsp3) is 0.250. The van der Waals surface area contributed by atoms with Crippen molar-refractivity contribution in [1.29, 1.82) is 0 Å². The maximum atomic E-state index is 6.14. The molecule has 18 heavy (non-hydrogen) atoms. The number of benzene rings is 2. The summed E-state index contributed by atoms with van der Waals surface area (Å²) in [6, 6.07) is 21.1. The predicted molar refractivity (Wildman–Crippen MR) is 76.4 cm³/mol. The van der Waals surface area contributed by atoms with E-state index in [1.165, 1.54) is 11.1 Å². The predicted octanol–water partition coefficient (Wildman–Crippen LogP) is 4.24. The van der Waals surface area contributed by atoms with Crippen LogP contribution in [-0.2, 0) is 9.78 Å². The Morgan fingerprint density at radius 2 is 1.44 bits per heavy atom. The van der Waals surface area contributed by atoms with Gasteiger partial charge in [0.05, 0.1) is 0 Å². The van der Waals surface area contributed by atoms with Gasteiger partial charge in [-0.1, -0.05) is 67.6 Å². The van der Waals surface area contributed by atoms with Gasteiger partial charge in [-0.15, -0.1) is 0 Å². The average Bonchev–Trinajstić information content (AvgIpc) is 2.84. The van der Waals surface area contributed by atoms with Gasteiger partial charge in [-0.3, -0.25) is 4.18 Å². The van der Waals surface area contributed by atoms with Gasteiger partial charge in [0.15, 0.2) is 0 Å². The van der Waals surface area contributed by atoms with Crippen LogP contribution in [0.4, 0.5) is 0 Å². The van der Waals surface area contributed by atoms with Gasteiger partial charge in [-0.2, -0.15) is 0 Å². The second-order valence-electron chi connectivity index (χ2n) is 4.74. The molecule has 0 aromatic heterocycles. The number of hydrogen-bond acceptors (Lipinski definition) is 2. The van der Waals surface area contributed by atoms with Gasteiger partial charge in [0.2, 0.25) is 0 Å². The highest BCUT2D eigenvalue weighted by molar-refractivity contribution is 7.94. The molecule has 1 aliphatic heterocycles. The molecule has 1 fully saturated rings. The molecule has 2 aromatic rings. The summed E-state index contributed by atoms with van der Waals surface area (Å²) in [5.41, 5.74) is 2.19. The molecule has 0 saturated carbocycles. The standard InChI is InChI=1S/C16H16OS/c1-13-12-18-17-16(13,14-8-4-2-5-9-14)15-10-6-3-7-11-15/h2-11,13H,12H2,1H3. The van der Waals surface area contributed by atoms with Crippen molar-refractivity contribution in [2.75, 3.05) is 5.75 Å². The Hall–Kier alpha value is -1.25. The van der Waals surface area contributed by atoms with E-state index in [-0.39, 0.29) is 5.60 Å². The molecule has 1 heterocycles. The van der Waals surface area contributed by atoms with Crippen molar-refractivity contribution in [3.05, 3.63) is 71.8 Å². The van der Waals surface area contributed by atoms with E-state index in [1.807, 2.05) is 0 Å². The van der Waals surface area contributed by atoms with Crippen molar-refractivity contribution in [3.63, 3.8) is 0 Å². The van der Waals surface area contributed by atoms with Crippen LogP contribution in [0.15, 0.2) is 60.7 Å². The van der Waals surface area contributed by atoms with Crippen LogP contribution < -0.4 is 0 Å². The van der Waals surface area contributed by atoms with Crippen LogP contribution in [0, 0.1) is 5.92 Å². The lowest BCUT2D eigenvalue weighted by Crippen LogP contribution is -2.32. The van der Waals surface area contributed by atoms with Crippen LogP contribution in [-0.4, -0.2) is 5.75 Å². The van der Waals surface area contributed by atoms with E-state index in [1.54, 1.807) is 12.0 Å². The van der Waals surface area contributed by atoms with E-state index < -0.39 is 0 Å². The monoisotopic (exact) mass is 256 g/mol. The second-order valence-corrected chi connectivity index (χ2v) is 5.47. The molecule has 1 aliphatic rings. The largest absolute Gasteiger partial charge is 0.299 e. The van der Waals surface area contributed by atoms with Crippen LogP contribution in [0.1, 0.15) is 18.1 Å². The smallest absolute Gasteiger partial charge is 0.136 e. The van der Waals surface area contributed by atoms with Crippen LogP contribution in [0.25, 0.3) is 0 Å². The van der Waals surface area contributed by atoms with Gasteiger partial charge >= 0.3 is 0 Å². The lowest BCUT2D eigenvalue weighted by Gasteiger charge is -2.32. The Kier molecular flexibility index (Phi) is 3.14. The maximum Gasteiger partial charge on any atom is 0.136 e. The topological polar surface area (TPSA) is 9.23 Å². The van der Waals surface area contributed by atoms with Crippen molar-refractivity contribution in [3.8, 4) is 0 Å². The minimum absolute atomic E-state index is 0.298. The van der Waals surface area contributed by atoms with E-state index >= 15 is 0 Å². The molecule has 0 spiro atoms. The molecule has 2 aromatic carbocycles. The molecule has 1 saturated heterocycles. The van der Waals surface area contributed by atoms with Gasteiger partial charge in [0, 0.05) is 11.7 Å². The Bertz CT molecular complexity index is 470. The molecule has 0 radical (unpaired) electrons. The molecule has 1 nitrogen and oxygen atoms in total. The fourth-order valence-electron chi connectivity index (χ4n) is 2.63. The highest BCUT2D eigenvalue weighted by Crippen LogP contribution is 2.49. The molecular weight excluding hydrogens is 240 g/mol. The molecule has 0 aliphatic carbocycles. The first-order valence-electron chi connectivity index (χ1n) is 6.26. The van der Waals surface area contributed by atoms with Gasteiger partial charge < -0.3 is 0 Å². The zero-order chi connectivity index (χ0) is 12.4. The van der Waals surface area contributed by atoms with E-state index in [2.05, 4.69) is 67.6 Å². The number of rotatable bonds is 2. The van der Waals surface area contributed by atoms with Crippen LogP contribution >= 0.6 is 12.0 Å². The van der Waals surface area contributed by atoms with Crippen molar-refractivity contribution < 1.29 is 4.18 Å². The Morgan fingerprint density at radius 3 is 1.83 bits per heavy atom. The Labute approximate surface area is 112 Å². The molecular formula is C16H16OS. The summed E-state index contributed by atoms with van der Waals surface area (Å²) in [7, 11) is 0. The van der Waals surface area contributed by atoms with E-state index in [4.69, 9.17) is 4.18 Å². The zero-order valence-corrected chi connectivity index (χ0v) is 11.2. The van der Waals surface area contributed by atoms with Gasteiger partial charge in [-0.05, 0) is 23.2 Å². The molecule has 1 atom stereocenters. The van der Waals surface area contributed by atoms with Crippen molar-refractivity contribution >= 4 is 12.0 Å². The van der Waals surface area contributed by atoms with Gasteiger partial charge in [0.1, 0.15) is 5.60 Å². The highest BCUT2D eigenvalue weighted by atomic mass is 32.2. The molecule has 1 unspecified atom stereocenters. The summed E-state index contributed by atoms with van der Waals surface area (Å²) in [5, 5.41) is 0. The lowest BCUT2D eigenvalue weighted by atomic mass is 9.78. The SMILES string of the molecule is CC1CSOC1(c1ccccc1)c1ccccc1. The molecule has 0 bridgehead atoms. The van der Waals surface area contributed by atoms with Crippen LogP contribution in [0.3, 0.4) is 0 Å². The van der Waals surface area contributed by atoms with Crippen molar-refractivity contribution in [2.24, 2.45) is 5.92 Å². The third-order valence-corrected chi connectivity index (χ3v) is 4.62.